The summed E-state index contributed by atoms with van der Waals surface area (Å²) in [5.74, 6) is -1.38. The standard InChI is InChI=1S/C26H32N2O5/c1-17(2)22(25(31)27-14-8-7-13-24(29)30)15-28-26(32)33-16-23-20-11-5-3-9-18(20)19-10-4-6-12-21(19)23/h3-6,9-12,17,22-23H,7-8,13-16H2,1-2H3,(H,27,31)(H,28,32)(H,29,30). The number of carbonyl (C=O) groups is 3. The van der Waals surface area contributed by atoms with Crippen LogP contribution in [0.15, 0.2) is 48.5 Å². The molecule has 1 aliphatic rings. The van der Waals surface area contributed by atoms with E-state index in [1.54, 1.807) is 0 Å². The van der Waals surface area contributed by atoms with E-state index in [1.807, 2.05) is 38.1 Å². The number of nitrogens with one attached hydrogen (secondary N) is 2. The highest BCUT2D eigenvalue weighted by atomic mass is 16.5. The molecule has 0 spiro atoms. The van der Waals surface area contributed by atoms with Gasteiger partial charge in [-0.25, -0.2) is 4.79 Å². The first-order chi connectivity index (χ1) is 15.9. The average Bonchev–Trinajstić information content (AvgIpc) is 3.11. The smallest absolute Gasteiger partial charge is 0.407 e. The summed E-state index contributed by atoms with van der Waals surface area (Å²) >= 11 is 0. The number of amides is 2. The number of alkyl carbamates (subject to hydrolysis) is 1. The van der Waals surface area contributed by atoms with E-state index in [0.717, 1.165) is 11.1 Å². The molecule has 1 aliphatic carbocycles. The molecule has 0 radical (unpaired) electrons. The second-order valence-corrected chi connectivity index (χ2v) is 8.70. The third-order valence-electron chi connectivity index (χ3n) is 6.07. The maximum absolute atomic E-state index is 12.5. The lowest BCUT2D eigenvalue weighted by molar-refractivity contribution is -0.137. The molecule has 0 aromatic heterocycles. The number of hydrogen-bond acceptors (Lipinski definition) is 4. The predicted octanol–water partition coefficient (Wildman–Crippen LogP) is 4.17. The summed E-state index contributed by atoms with van der Waals surface area (Å²) < 4.78 is 5.55. The molecule has 0 fully saturated rings. The molecule has 1 atom stereocenters. The lowest BCUT2D eigenvalue weighted by Gasteiger charge is -2.21. The maximum atomic E-state index is 12.5. The van der Waals surface area contributed by atoms with Gasteiger partial charge in [0.1, 0.15) is 6.61 Å². The molecule has 2 amide bonds. The number of unbranched alkanes of at least 4 members (excludes halogenated alkanes) is 1. The van der Waals surface area contributed by atoms with Crippen LogP contribution in [0.5, 0.6) is 0 Å². The van der Waals surface area contributed by atoms with Gasteiger partial charge in [0.25, 0.3) is 0 Å². The Balaban J connectivity index is 1.49. The van der Waals surface area contributed by atoms with Gasteiger partial charge >= 0.3 is 12.1 Å². The van der Waals surface area contributed by atoms with Crippen molar-refractivity contribution in [1.29, 1.82) is 0 Å². The molecule has 0 aliphatic heterocycles. The normalized spacial score (nSPS) is 13.2. The van der Waals surface area contributed by atoms with Crippen LogP contribution in [0.2, 0.25) is 0 Å². The van der Waals surface area contributed by atoms with Crippen LogP contribution in [0.4, 0.5) is 4.79 Å². The highest BCUT2D eigenvalue weighted by Gasteiger charge is 2.29. The van der Waals surface area contributed by atoms with Crippen molar-refractivity contribution in [2.45, 2.75) is 39.0 Å². The molecule has 7 heteroatoms. The second-order valence-electron chi connectivity index (χ2n) is 8.70. The number of fused-ring (bicyclic) bond motifs is 3. The Morgan fingerprint density at radius 2 is 1.55 bits per heavy atom. The zero-order chi connectivity index (χ0) is 23.8. The summed E-state index contributed by atoms with van der Waals surface area (Å²) in [6.45, 7) is 4.67. The summed E-state index contributed by atoms with van der Waals surface area (Å²) in [5.41, 5.74) is 4.63. The van der Waals surface area contributed by atoms with Crippen molar-refractivity contribution in [3.8, 4) is 11.1 Å². The van der Waals surface area contributed by atoms with E-state index in [0.29, 0.717) is 19.4 Å². The third-order valence-corrected chi connectivity index (χ3v) is 6.07. The highest BCUT2D eigenvalue weighted by Crippen LogP contribution is 2.44. The van der Waals surface area contributed by atoms with Crippen LogP contribution in [-0.2, 0) is 14.3 Å². The van der Waals surface area contributed by atoms with Gasteiger partial charge in [-0.1, -0.05) is 62.4 Å². The maximum Gasteiger partial charge on any atom is 0.407 e. The van der Waals surface area contributed by atoms with Gasteiger partial charge < -0.3 is 20.5 Å². The number of hydrogen-bond donors (Lipinski definition) is 3. The molecule has 0 bridgehead atoms. The van der Waals surface area contributed by atoms with Crippen molar-refractivity contribution >= 4 is 18.0 Å². The van der Waals surface area contributed by atoms with Gasteiger partial charge in [0.05, 0.1) is 5.92 Å². The number of aliphatic carboxylic acids is 1. The van der Waals surface area contributed by atoms with E-state index < -0.39 is 18.0 Å². The molecule has 3 N–H and O–H groups in total. The van der Waals surface area contributed by atoms with E-state index in [1.165, 1.54) is 11.1 Å². The van der Waals surface area contributed by atoms with Gasteiger partial charge in [0.2, 0.25) is 5.91 Å². The number of ether oxygens (including phenoxy) is 1. The van der Waals surface area contributed by atoms with Crippen molar-refractivity contribution in [3.63, 3.8) is 0 Å². The van der Waals surface area contributed by atoms with Gasteiger partial charge in [-0.15, -0.1) is 0 Å². The van der Waals surface area contributed by atoms with Crippen LogP contribution in [-0.4, -0.2) is 42.8 Å². The van der Waals surface area contributed by atoms with Crippen LogP contribution >= 0.6 is 0 Å². The number of carbonyl (C=O) groups excluding carboxylic acids is 2. The summed E-state index contributed by atoms with van der Waals surface area (Å²) in [7, 11) is 0. The third kappa shape index (κ3) is 6.34. The molecular formula is C26H32N2O5. The first kappa shape index (κ1) is 24.3. The Bertz CT molecular complexity index is 943. The van der Waals surface area contributed by atoms with E-state index in [4.69, 9.17) is 9.84 Å². The number of benzene rings is 2. The SMILES string of the molecule is CC(C)C(CNC(=O)OCC1c2ccccc2-c2ccccc21)C(=O)NCCCCC(=O)O. The zero-order valence-electron chi connectivity index (χ0n) is 19.2. The molecule has 176 valence electrons. The largest absolute Gasteiger partial charge is 0.481 e. The van der Waals surface area contributed by atoms with Crippen LogP contribution in [0.25, 0.3) is 11.1 Å². The Labute approximate surface area is 194 Å². The first-order valence-electron chi connectivity index (χ1n) is 11.5. The average molecular weight is 453 g/mol. The van der Waals surface area contributed by atoms with Gasteiger partial charge in [-0.2, -0.15) is 0 Å². The van der Waals surface area contributed by atoms with Crippen molar-refractivity contribution in [1.82, 2.24) is 10.6 Å². The summed E-state index contributed by atoms with van der Waals surface area (Å²) in [5, 5.41) is 14.2. The Morgan fingerprint density at radius 1 is 0.939 bits per heavy atom. The molecule has 7 nitrogen and oxygen atoms in total. The van der Waals surface area contributed by atoms with Crippen LogP contribution in [0.1, 0.15) is 50.2 Å². The topological polar surface area (TPSA) is 105 Å². The lowest BCUT2D eigenvalue weighted by Crippen LogP contribution is -2.42. The molecule has 3 rings (SSSR count). The fourth-order valence-electron chi connectivity index (χ4n) is 4.22. The minimum atomic E-state index is -0.839. The van der Waals surface area contributed by atoms with Crippen molar-refractivity contribution in [2.24, 2.45) is 11.8 Å². The fourth-order valence-corrected chi connectivity index (χ4v) is 4.22. The molecular weight excluding hydrogens is 420 g/mol. The summed E-state index contributed by atoms with van der Waals surface area (Å²) in [6.07, 6.45) is 0.659. The molecule has 0 saturated carbocycles. The van der Waals surface area contributed by atoms with Crippen LogP contribution < -0.4 is 10.6 Å². The highest BCUT2D eigenvalue weighted by molar-refractivity contribution is 5.80. The van der Waals surface area contributed by atoms with E-state index >= 15 is 0 Å². The minimum Gasteiger partial charge on any atom is -0.481 e. The Hall–Kier alpha value is -3.35. The number of rotatable bonds is 11. The number of carboxylic acids is 1. The molecule has 1 unspecified atom stereocenters. The van der Waals surface area contributed by atoms with Crippen molar-refractivity contribution in [3.05, 3.63) is 59.7 Å². The predicted molar refractivity (Wildman–Crippen MR) is 126 cm³/mol. The van der Waals surface area contributed by atoms with Gasteiger partial charge in [0.15, 0.2) is 0 Å². The van der Waals surface area contributed by atoms with Crippen molar-refractivity contribution < 1.29 is 24.2 Å². The summed E-state index contributed by atoms with van der Waals surface area (Å²) in [4.78, 5) is 35.5. The molecule has 0 saturated heterocycles. The lowest BCUT2D eigenvalue weighted by atomic mass is 9.95. The summed E-state index contributed by atoms with van der Waals surface area (Å²) in [6, 6.07) is 16.3. The molecule has 0 heterocycles. The number of carboxylic acid groups (broad SMARTS) is 1. The van der Waals surface area contributed by atoms with E-state index in [9.17, 15) is 14.4 Å². The fraction of sp³-hybridized carbons (Fsp3) is 0.423. The zero-order valence-corrected chi connectivity index (χ0v) is 19.2. The van der Waals surface area contributed by atoms with E-state index in [-0.39, 0.29) is 37.3 Å². The molecule has 2 aromatic rings. The second kappa shape index (κ2) is 11.5. The monoisotopic (exact) mass is 452 g/mol. The Kier molecular flexibility index (Phi) is 8.46. The van der Waals surface area contributed by atoms with Gasteiger partial charge in [0, 0.05) is 25.4 Å². The van der Waals surface area contributed by atoms with Crippen LogP contribution in [0, 0.1) is 11.8 Å². The van der Waals surface area contributed by atoms with Crippen LogP contribution in [0.3, 0.4) is 0 Å². The minimum absolute atomic E-state index is 0.0156. The van der Waals surface area contributed by atoms with Gasteiger partial charge in [-0.3, -0.25) is 9.59 Å². The quantitative estimate of drug-likeness (QED) is 0.444. The van der Waals surface area contributed by atoms with Crippen molar-refractivity contribution in [2.75, 3.05) is 19.7 Å². The Morgan fingerprint density at radius 3 is 2.12 bits per heavy atom. The molecule has 33 heavy (non-hydrogen) atoms. The van der Waals surface area contributed by atoms with Gasteiger partial charge in [-0.05, 0) is 41.0 Å². The first-order valence-corrected chi connectivity index (χ1v) is 11.5. The van der Waals surface area contributed by atoms with E-state index in [2.05, 4.69) is 34.9 Å². The molecule has 2 aromatic carbocycles.